The number of amidine groups is 1. The second kappa shape index (κ2) is 4.57. The van der Waals surface area contributed by atoms with E-state index in [1.54, 1.807) is 0 Å². The van der Waals surface area contributed by atoms with Crippen LogP contribution in [0.1, 0.15) is 32.6 Å². The minimum Gasteiger partial charge on any atom is -0.361 e. The maximum absolute atomic E-state index is 4.59. The van der Waals surface area contributed by atoms with Crippen LogP contribution < -0.4 is 5.32 Å². The van der Waals surface area contributed by atoms with Crippen LogP contribution in [0.25, 0.3) is 0 Å². The number of aliphatic imine (C=N–C) groups is 1. The molecule has 0 amide bonds. The van der Waals surface area contributed by atoms with Crippen molar-refractivity contribution in [2.75, 3.05) is 19.6 Å². The summed E-state index contributed by atoms with van der Waals surface area (Å²) in [7, 11) is 0. The van der Waals surface area contributed by atoms with Gasteiger partial charge in [0, 0.05) is 30.4 Å². The maximum atomic E-state index is 4.59. The third-order valence-corrected chi connectivity index (χ3v) is 5.07. The molecule has 0 radical (unpaired) electrons. The second-order valence-corrected chi connectivity index (χ2v) is 6.44. The molecular formula is C12H21N3S. The monoisotopic (exact) mass is 239 g/mol. The predicted molar refractivity (Wildman–Crippen MR) is 70.1 cm³/mol. The Morgan fingerprint density at radius 3 is 3.00 bits per heavy atom. The molecule has 0 aromatic carbocycles. The van der Waals surface area contributed by atoms with Crippen molar-refractivity contribution >= 4 is 16.9 Å². The van der Waals surface area contributed by atoms with Crippen molar-refractivity contribution in [3.8, 4) is 0 Å². The molecular weight excluding hydrogens is 218 g/mol. The Morgan fingerprint density at radius 1 is 1.44 bits per heavy atom. The van der Waals surface area contributed by atoms with Gasteiger partial charge in [-0.15, -0.1) is 0 Å². The van der Waals surface area contributed by atoms with Gasteiger partial charge in [0.2, 0.25) is 0 Å². The van der Waals surface area contributed by atoms with E-state index in [0.717, 1.165) is 17.8 Å². The molecule has 2 aliphatic heterocycles. The van der Waals surface area contributed by atoms with Crippen LogP contribution in [-0.4, -0.2) is 47.0 Å². The fraction of sp³-hybridized carbons (Fsp3) is 0.917. The van der Waals surface area contributed by atoms with Gasteiger partial charge in [-0.2, -0.15) is 0 Å². The van der Waals surface area contributed by atoms with E-state index in [4.69, 9.17) is 0 Å². The molecule has 1 saturated carbocycles. The van der Waals surface area contributed by atoms with E-state index < -0.39 is 0 Å². The SMILES string of the molecule is CCC1CN=C(NC2CCN(C3CC3)C2)S1. The summed E-state index contributed by atoms with van der Waals surface area (Å²) < 4.78 is 0. The zero-order valence-electron chi connectivity index (χ0n) is 9.98. The van der Waals surface area contributed by atoms with E-state index in [9.17, 15) is 0 Å². The van der Waals surface area contributed by atoms with E-state index in [1.807, 2.05) is 11.8 Å². The van der Waals surface area contributed by atoms with Crippen LogP contribution in [0.5, 0.6) is 0 Å². The Morgan fingerprint density at radius 2 is 2.31 bits per heavy atom. The van der Waals surface area contributed by atoms with Crippen molar-refractivity contribution in [3.63, 3.8) is 0 Å². The fourth-order valence-corrected chi connectivity index (χ4v) is 3.58. The molecule has 2 heterocycles. The van der Waals surface area contributed by atoms with Gasteiger partial charge in [0.25, 0.3) is 0 Å². The van der Waals surface area contributed by atoms with E-state index >= 15 is 0 Å². The van der Waals surface area contributed by atoms with E-state index in [1.165, 1.54) is 43.9 Å². The number of hydrogen-bond donors (Lipinski definition) is 1. The number of nitrogens with zero attached hydrogens (tertiary/aromatic N) is 2. The van der Waals surface area contributed by atoms with Gasteiger partial charge in [-0.3, -0.25) is 9.89 Å². The lowest BCUT2D eigenvalue weighted by Crippen LogP contribution is -2.35. The number of hydrogen-bond acceptors (Lipinski definition) is 4. The smallest absolute Gasteiger partial charge is 0.157 e. The Hall–Kier alpha value is -0.220. The van der Waals surface area contributed by atoms with Gasteiger partial charge >= 0.3 is 0 Å². The van der Waals surface area contributed by atoms with Gasteiger partial charge in [-0.05, 0) is 25.7 Å². The summed E-state index contributed by atoms with van der Waals surface area (Å²) >= 11 is 1.94. The zero-order valence-corrected chi connectivity index (χ0v) is 10.8. The molecule has 1 aliphatic carbocycles. The van der Waals surface area contributed by atoms with Crippen molar-refractivity contribution in [1.29, 1.82) is 0 Å². The van der Waals surface area contributed by atoms with E-state index in [2.05, 4.69) is 22.1 Å². The molecule has 0 bridgehead atoms. The molecule has 2 fully saturated rings. The van der Waals surface area contributed by atoms with Crippen molar-refractivity contribution in [2.24, 2.45) is 4.99 Å². The van der Waals surface area contributed by atoms with Crippen LogP contribution in [0.3, 0.4) is 0 Å². The minimum absolute atomic E-state index is 0.655. The molecule has 90 valence electrons. The van der Waals surface area contributed by atoms with Gasteiger partial charge in [-0.1, -0.05) is 18.7 Å². The van der Waals surface area contributed by atoms with Crippen molar-refractivity contribution in [3.05, 3.63) is 0 Å². The Labute approximate surface area is 102 Å². The van der Waals surface area contributed by atoms with Gasteiger partial charge < -0.3 is 5.32 Å². The third-order valence-electron chi connectivity index (χ3n) is 3.78. The molecule has 0 aromatic heterocycles. The summed E-state index contributed by atoms with van der Waals surface area (Å²) in [5.41, 5.74) is 0. The topological polar surface area (TPSA) is 27.6 Å². The van der Waals surface area contributed by atoms with Gasteiger partial charge in [0.05, 0.1) is 6.54 Å². The highest BCUT2D eigenvalue weighted by molar-refractivity contribution is 8.14. The van der Waals surface area contributed by atoms with Crippen LogP contribution in [0, 0.1) is 0 Å². The summed E-state index contributed by atoms with van der Waals surface area (Å²) in [5.74, 6) is 0. The average Bonchev–Trinajstić information content (AvgIpc) is 2.88. The zero-order chi connectivity index (χ0) is 11.0. The van der Waals surface area contributed by atoms with E-state index in [-0.39, 0.29) is 0 Å². The summed E-state index contributed by atoms with van der Waals surface area (Å²) in [6.45, 7) is 5.79. The number of rotatable bonds is 3. The normalized spacial score (nSPS) is 35.4. The number of nitrogens with one attached hydrogen (secondary N) is 1. The third kappa shape index (κ3) is 2.38. The first-order valence-electron chi connectivity index (χ1n) is 6.57. The van der Waals surface area contributed by atoms with E-state index in [0.29, 0.717) is 6.04 Å². The summed E-state index contributed by atoms with van der Waals surface area (Å²) in [4.78, 5) is 7.23. The number of likely N-dealkylation sites (tertiary alicyclic amines) is 1. The highest BCUT2D eigenvalue weighted by atomic mass is 32.2. The quantitative estimate of drug-likeness (QED) is 0.812. The largest absolute Gasteiger partial charge is 0.361 e. The molecule has 1 N–H and O–H groups in total. The molecule has 16 heavy (non-hydrogen) atoms. The first kappa shape index (κ1) is 10.9. The lowest BCUT2D eigenvalue weighted by molar-refractivity contribution is 0.322. The van der Waals surface area contributed by atoms with Gasteiger partial charge in [0.15, 0.2) is 5.17 Å². The molecule has 3 nitrogen and oxygen atoms in total. The highest BCUT2D eigenvalue weighted by Gasteiger charge is 2.35. The lowest BCUT2D eigenvalue weighted by Gasteiger charge is -2.16. The molecule has 2 atom stereocenters. The second-order valence-electron chi connectivity index (χ2n) is 5.15. The maximum Gasteiger partial charge on any atom is 0.157 e. The molecule has 3 rings (SSSR count). The Balaban J connectivity index is 1.45. The lowest BCUT2D eigenvalue weighted by atomic mass is 10.3. The molecule has 3 aliphatic rings. The summed E-state index contributed by atoms with van der Waals surface area (Å²) in [6, 6.07) is 1.58. The minimum atomic E-state index is 0.655. The standard InChI is InChI=1S/C12H21N3S/c1-2-11-7-13-12(16-11)14-9-5-6-15(8-9)10-3-4-10/h9-11H,2-8H2,1H3,(H,13,14). The molecule has 0 spiro atoms. The first-order chi connectivity index (χ1) is 7.85. The van der Waals surface area contributed by atoms with Crippen LogP contribution in [0.4, 0.5) is 0 Å². The van der Waals surface area contributed by atoms with Crippen LogP contribution in [0.2, 0.25) is 0 Å². The Kier molecular flexibility index (Phi) is 3.11. The van der Waals surface area contributed by atoms with Crippen molar-refractivity contribution < 1.29 is 0 Å². The van der Waals surface area contributed by atoms with Crippen molar-refractivity contribution in [1.82, 2.24) is 10.2 Å². The predicted octanol–water partition coefficient (Wildman–Crippen LogP) is 1.69. The number of thioether (sulfide) groups is 1. The molecule has 1 saturated heterocycles. The average molecular weight is 239 g/mol. The first-order valence-corrected chi connectivity index (χ1v) is 7.45. The summed E-state index contributed by atoms with van der Waals surface area (Å²) in [6.07, 6.45) is 5.39. The van der Waals surface area contributed by atoms with Crippen LogP contribution >= 0.6 is 11.8 Å². The molecule has 2 unspecified atom stereocenters. The Bertz CT molecular complexity index is 288. The summed E-state index contributed by atoms with van der Waals surface area (Å²) in [5, 5.41) is 5.55. The molecule has 0 aromatic rings. The fourth-order valence-electron chi connectivity index (χ4n) is 2.56. The molecule has 4 heteroatoms. The van der Waals surface area contributed by atoms with Gasteiger partial charge in [-0.25, -0.2) is 0 Å². The van der Waals surface area contributed by atoms with Gasteiger partial charge in [0.1, 0.15) is 0 Å². The van der Waals surface area contributed by atoms with Crippen molar-refractivity contribution in [2.45, 2.75) is 49.9 Å². The van der Waals surface area contributed by atoms with Crippen LogP contribution in [-0.2, 0) is 0 Å². The van der Waals surface area contributed by atoms with Crippen LogP contribution in [0.15, 0.2) is 4.99 Å². The highest BCUT2D eigenvalue weighted by Crippen LogP contribution is 2.30.